The van der Waals surface area contributed by atoms with Gasteiger partial charge in [-0.25, -0.2) is 0 Å². The molecule has 0 unspecified atom stereocenters. The molecular weight excluding hydrogens is 186 g/mol. The fraction of sp³-hybridized carbons (Fsp3) is 0.692. The molecule has 88 valence electrons. The first-order valence-electron chi connectivity index (χ1n) is 5.89. The van der Waals surface area contributed by atoms with Gasteiger partial charge in [0.25, 0.3) is 0 Å². The zero-order chi connectivity index (χ0) is 11.4. The second kappa shape index (κ2) is 11.5. The molecule has 2 nitrogen and oxygen atoms in total. The molecule has 0 saturated heterocycles. The maximum Gasteiger partial charge on any atom is 0.0610 e. The van der Waals surface area contributed by atoms with Gasteiger partial charge in [-0.1, -0.05) is 37.6 Å². The normalized spacial score (nSPS) is 14.1. The number of hydrogen-bond donors (Lipinski definition) is 1. The minimum atomic E-state index is 0.379. The molecule has 15 heavy (non-hydrogen) atoms. The van der Waals surface area contributed by atoms with Gasteiger partial charge >= 0.3 is 0 Å². The SMILES string of the molecule is C/C=C\C=C/C[C@@H](CCC)OCCNC. The zero-order valence-electron chi connectivity index (χ0n) is 10.3. The third kappa shape index (κ3) is 9.70. The van der Waals surface area contributed by atoms with Crippen molar-refractivity contribution in [2.75, 3.05) is 20.2 Å². The molecule has 0 bridgehead atoms. The van der Waals surface area contributed by atoms with Crippen LogP contribution in [0.5, 0.6) is 0 Å². The second-order valence-electron chi connectivity index (χ2n) is 3.57. The molecule has 0 aliphatic carbocycles. The molecule has 0 aromatic heterocycles. The van der Waals surface area contributed by atoms with Gasteiger partial charge in [-0.05, 0) is 26.8 Å². The number of allylic oxidation sites excluding steroid dienone is 3. The average molecular weight is 211 g/mol. The highest BCUT2D eigenvalue weighted by atomic mass is 16.5. The molecule has 0 aliphatic rings. The summed E-state index contributed by atoms with van der Waals surface area (Å²) in [4.78, 5) is 0. The van der Waals surface area contributed by atoms with Crippen LogP contribution in [0.4, 0.5) is 0 Å². The van der Waals surface area contributed by atoms with Crippen molar-refractivity contribution >= 4 is 0 Å². The van der Waals surface area contributed by atoms with Crippen molar-refractivity contribution in [3.8, 4) is 0 Å². The molecule has 0 rings (SSSR count). The first-order valence-corrected chi connectivity index (χ1v) is 5.89. The van der Waals surface area contributed by atoms with E-state index in [1.54, 1.807) is 0 Å². The van der Waals surface area contributed by atoms with Crippen molar-refractivity contribution in [2.24, 2.45) is 0 Å². The fourth-order valence-electron chi connectivity index (χ4n) is 1.34. The molecule has 0 aliphatic heterocycles. The first kappa shape index (κ1) is 14.4. The van der Waals surface area contributed by atoms with Gasteiger partial charge in [-0.15, -0.1) is 0 Å². The van der Waals surface area contributed by atoms with E-state index in [1.807, 2.05) is 20.0 Å². The van der Waals surface area contributed by atoms with Crippen molar-refractivity contribution in [3.63, 3.8) is 0 Å². The summed E-state index contributed by atoms with van der Waals surface area (Å²) in [7, 11) is 1.95. The fourth-order valence-corrected chi connectivity index (χ4v) is 1.34. The van der Waals surface area contributed by atoms with Gasteiger partial charge in [0.05, 0.1) is 12.7 Å². The van der Waals surface area contributed by atoms with Crippen LogP contribution < -0.4 is 5.32 Å². The largest absolute Gasteiger partial charge is 0.377 e. The van der Waals surface area contributed by atoms with Gasteiger partial charge in [-0.2, -0.15) is 0 Å². The summed E-state index contributed by atoms with van der Waals surface area (Å²) in [5, 5.41) is 3.09. The quantitative estimate of drug-likeness (QED) is 0.468. The highest BCUT2D eigenvalue weighted by Gasteiger charge is 2.04. The number of nitrogens with one attached hydrogen (secondary N) is 1. The standard InChI is InChI=1S/C13H25NO/c1-4-6-7-8-10-13(9-5-2)15-12-11-14-3/h4,6-8,13-14H,5,9-12H2,1-3H3/b6-4-,8-7-/t13-/m1/s1. The van der Waals surface area contributed by atoms with Gasteiger partial charge < -0.3 is 10.1 Å². The Hall–Kier alpha value is -0.600. The summed E-state index contributed by atoms with van der Waals surface area (Å²) in [5.74, 6) is 0. The molecule has 0 aromatic carbocycles. The summed E-state index contributed by atoms with van der Waals surface area (Å²) < 4.78 is 5.77. The Bertz CT molecular complexity index is 175. The lowest BCUT2D eigenvalue weighted by atomic mass is 10.1. The molecule has 0 fully saturated rings. The van der Waals surface area contributed by atoms with E-state index in [1.165, 1.54) is 6.42 Å². The predicted molar refractivity (Wildman–Crippen MR) is 67.1 cm³/mol. The van der Waals surface area contributed by atoms with Gasteiger partial charge in [0.1, 0.15) is 0 Å². The first-order chi connectivity index (χ1) is 7.35. The Morgan fingerprint density at radius 1 is 1.33 bits per heavy atom. The van der Waals surface area contributed by atoms with Crippen LogP contribution in [0.15, 0.2) is 24.3 Å². The molecule has 0 spiro atoms. The Kier molecular flexibility index (Phi) is 11.0. The molecule has 0 heterocycles. The predicted octanol–water partition coefficient (Wildman–Crippen LogP) is 2.91. The van der Waals surface area contributed by atoms with E-state index in [-0.39, 0.29) is 0 Å². The van der Waals surface area contributed by atoms with Crippen LogP contribution in [0.2, 0.25) is 0 Å². The minimum Gasteiger partial charge on any atom is -0.377 e. The van der Waals surface area contributed by atoms with E-state index >= 15 is 0 Å². The van der Waals surface area contributed by atoms with Crippen LogP contribution in [0, 0.1) is 0 Å². The van der Waals surface area contributed by atoms with E-state index in [2.05, 4.69) is 30.5 Å². The van der Waals surface area contributed by atoms with Crippen LogP contribution in [0.25, 0.3) is 0 Å². The van der Waals surface area contributed by atoms with E-state index < -0.39 is 0 Å². The highest BCUT2D eigenvalue weighted by molar-refractivity contribution is 5.01. The number of ether oxygens (including phenoxy) is 1. The van der Waals surface area contributed by atoms with Gasteiger partial charge in [0, 0.05) is 6.54 Å². The lowest BCUT2D eigenvalue weighted by Crippen LogP contribution is -2.20. The van der Waals surface area contributed by atoms with Crippen molar-refractivity contribution in [1.82, 2.24) is 5.32 Å². The van der Waals surface area contributed by atoms with Crippen LogP contribution in [0.1, 0.15) is 33.1 Å². The van der Waals surface area contributed by atoms with Crippen molar-refractivity contribution in [1.29, 1.82) is 0 Å². The van der Waals surface area contributed by atoms with Crippen molar-refractivity contribution in [3.05, 3.63) is 24.3 Å². The molecule has 0 amide bonds. The van der Waals surface area contributed by atoms with E-state index in [0.29, 0.717) is 6.10 Å². The van der Waals surface area contributed by atoms with Crippen LogP contribution >= 0.6 is 0 Å². The average Bonchev–Trinajstić information content (AvgIpc) is 2.24. The number of rotatable bonds is 9. The highest BCUT2D eigenvalue weighted by Crippen LogP contribution is 2.07. The maximum absolute atomic E-state index is 5.77. The summed E-state index contributed by atoms with van der Waals surface area (Å²) in [6.07, 6.45) is 12.1. The monoisotopic (exact) mass is 211 g/mol. The Balaban J connectivity index is 3.71. The zero-order valence-corrected chi connectivity index (χ0v) is 10.3. The summed E-state index contributed by atoms with van der Waals surface area (Å²) in [6.45, 7) is 5.96. The minimum absolute atomic E-state index is 0.379. The molecule has 1 N–H and O–H groups in total. The number of hydrogen-bond acceptors (Lipinski definition) is 2. The smallest absolute Gasteiger partial charge is 0.0610 e. The molecule has 2 heteroatoms. The third-order valence-corrected chi connectivity index (χ3v) is 2.15. The van der Waals surface area contributed by atoms with Crippen molar-refractivity contribution in [2.45, 2.75) is 39.2 Å². The molecule has 0 saturated carbocycles. The molecular formula is C13H25NO. The topological polar surface area (TPSA) is 21.3 Å². The van der Waals surface area contributed by atoms with Crippen LogP contribution in [-0.4, -0.2) is 26.3 Å². The van der Waals surface area contributed by atoms with Gasteiger partial charge in [0.15, 0.2) is 0 Å². The second-order valence-corrected chi connectivity index (χ2v) is 3.57. The lowest BCUT2D eigenvalue weighted by Gasteiger charge is -2.15. The van der Waals surface area contributed by atoms with Gasteiger partial charge in [-0.3, -0.25) is 0 Å². The lowest BCUT2D eigenvalue weighted by molar-refractivity contribution is 0.0517. The van der Waals surface area contributed by atoms with Crippen molar-refractivity contribution < 1.29 is 4.74 Å². The Labute approximate surface area is 94.4 Å². The van der Waals surface area contributed by atoms with Gasteiger partial charge in [0.2, 0.25) is 0 Å². The van der Waals surface area contributed by atoms with Crippen LogP contribution in [-0.2, 0) is 4.74 Å². The number of likely N-dealkylation sites (N-methyl/N-ethyl adjacent to an activating group) is 1. The Morgan fingerprint density at radius 3 is 2.73 bits per heavy atom. The summed E-state index contributed by atoms with van der Waals surface area (Å²) in [5.41, 5.74) is 0. The summed E-state index contributed by atoms with van der Waals surface area (Å²) >= 11 is 0. The molecule has 1 atom stereocenters. The van der Waals surface area contributed by atoms with E-state index in [0.717, 1.165) is 26.0 Å². The van der Waals surface area contributed by atoms with Crippen LogP contribution in [0.3, 0.4) is 0 Å². The maximum atomic E-state index is 5.77. The summed E-state index contributed by atoms with van der Waals surface area (Å²) in [6, 6.07) is 0. The Morgan fingerprint density at radius 2 is 2.13 bits per heavy atom. The third-order valence-electron chi connectivity index (χ3n) is 2.15. The van der Waals surface area contributed by atoms with E-state index in [9.17, 15) is 0 Å². The molecule has 0 radical (unpaired) electrons. The molecule has 0 aromatic rings. The van der Waals surface area contributed by atoms with E-state index in [4.69, 9.17) is 4.74 Å².